The van der Waals surface area contributed by atoms with Crippen LogP contribution in [0.4, 0.5) is 0 Å². The van der Waals surface area contributed by atoms with E-state index in [1.807, 2.05) is 0 Å². The third kappa shape index (κ3) is 2.09. The van der Waals surface area contributed by atoms with Crippen molar-refractivity contribution in [1.82, 2.24) is 19.8 Å². The Balaban J connectivity index is 1.69. The number of imidazole rings is 1. The quantitative estimate of drug-likeness (QED) is 0.919. The molecule has 4 rings (SSSR count). The van der Waals surface area contributed by atoms with E-state index in [4.69, 9.17) is 4.98 Å². The topological polar surface area (TPSA) is 33.1 Å². The van der Waals surface area contributed by atoms with Crippen LogP contribution in [-0.4, -0.2) is 40.1 Å². The van der Waals surface area contributed by atoms with Crippen molar-refractivity contribution in [2.45, 2.75) is 31.8 Å². The van der Waals surface area contributed by atoms with Gasteiger partial charge in [-0.15, -0.1) is 0 Å². The first kappa shape index (κ1) is 13.3. The first-order chi connectivity index (χ1) is 10.3. The zero-order chi connectivity index (χ0) is 14.4. The first-order valence-corrected chi connectivity index (χ1v) is 8.13. The van der Waals surface area contributed by atoms with Crippen molar-refractivity contribution >= 4 is 11.0 Å². The number of benzene rings is 1. The number of aromatic nitrogens is 2. The van der Waals surface area contributed by atoms with Gasteiger partial charge in [0.25, 0.3) is 0 Å². The summed E-state index contributed by atoms with van der Waals surface area (Å²) in [6.45, 7) is 5.85. The Bertz CT molecular complexity index is 647. The van der Waals surface area contributed by atoms with Crippen molar-refractivity contribution in [1.29, 1.82) is 0 Å². The Morgan fingerprint density at radius 3 is 3.00 bits per heavy atom. The highest BCUT2D eigenvalue weighted by molar-refractivity contribution is 5.75. The molecule has 3 heterocycles. The average Bonchev–Trinajstić information content (AvgIpc) is 3.11. The van der Waals surface area contributed by atoms with Crippen LogP contribution in [0, 0.1) is 5.92 Å². The summed E-state index contributed by atoms with van der Waals surface area (Å²) in [5.74, 6) is 2.03. The Hall–Kier alpha value is -1.39. The molecule has 4 heteroatoms. The minimum Gasteiger partial charge on any atom is -0.330 e. The second-order valence-electron chi connectivity index (χ2n) is 6.56. The van der Waals surface area contributed by atoms with E-state index < -0.39 is 0 Å². The van der Waals surface area contributed by atoms with Gasteiger partial charge in [-0.25, -0.2) is 4.98 Å². The summed E-state index contributed by atoms with van der Waals surface area (Å²) in [5, 5.41) is 3.57. The Morgan fingerprint density at radius 2 is 2.14 bits per heavy atom. The molecule has 3 atom stereocenters. The van der Waals surface area contributed by atoms with Gasteiger partial charge in [-0.05, 0) is 50.9 Å². The molecule has 2 aliphatic rings. The van der Waals surface area contributed by atoms with Crippen LogP contribution in [0.5, 0.6) is 0 Å². The summed E-state index contributed by atoms with van der Waals surface area (Å²) in [5.41, 5.74) is 2.34. The standard InChI is InChI=1S/C17H24N4/c1-12(21-9-5-6-13-10-18-11-16(13)21)17-19-14-7-3-4-8-15(14)20(17)2/h3-4,7-8,12-13,16,18H,5-6,9-11H2,1-2H3. The first-order valence-electron chi connectivity index (χ1n) is 8.13. The van der Waals surface area contributed by atoms with E-state index in [1.165, 1.54) is 37.3 Å². The smallest absolute Gasteiger partial charge is 0.126 e. The van der Waals surface area contributed by atoms with E-state index in [0.717, 1.165) is 18.0 Å². The number of aryl methyl sites for hydroxylation is 1. The summed E-state index contributed by atoms with van der Waals surface area (Å²) in [7, 11) is 2.15. The molecule has 1 aromatic carbocycles. The van der Waals surface area contributed by atoms with Crippen LogP contribution in [0.2, 0.25) is 0 Å². The van der Waals surface area contributed by atoms with E-state index in [1.54, 1.807) is 0 Å². The maximum atomic E-state index is 4.90. The summed E-state index contributed by atoms with van der Waals surface area (Å²) < 4.78 is 2.27. The molecule has 2 aliphatic heterocycles. The van der Waals surface area contributed by atoms with Gasteiger partial charge in [0.1, 0.15) is 5.82 Å². The fourth-order valence-electron chi connectivity index (χ4n) is 4.27. The predicted molar refractivity (Wildman–Crippen MR) is 85.2 cm³/mol. The van der Waals surface area contributed by atoms with Gasteiger partial charge in [-0.1, -0.05) is 12.1 Å². The lowest BCUT2D eigenvalue weighted by atomic mass is 9.91. The highest BCUT2D eigenvalue weighted by atomic mass is 15.3. The molecule has 112 valence electrons. The van der Waals surface area contributed by atoms with Gasteiger partial charge in [-0.3, -0.25) is 4.90 Å². The van der Waals surface area contributed by atoms with Gasteiger partial charge in [0, 0.05) is 19.6 Å². The maximum absolute atomic E-state index is 4.90. The van der Waals surface area contributed by atoms with Crippen molar-refractivity contribution in [3.05, 3.63) is 30.1 Å². The molecule has 0 spiro atoms. The van der Waals surface area contributed by atoms with Gasteiger partial charge in [0.05, 0.1) is 17.1 Å². The van der Waals surface area contributed by atoms with Gasteiger partial charge < -0.3 is 9.88 Å². The van der Waals surface area contributed by atoms with Crippen LogP contribution in [0.25, 0.3) is 11.0 Å². The zero-order valence-corrected chi connectivity index (χ0v) is 12.9. The molecule has 2 saturated heterocycles. The van der Waals surface area contributed by atoms with Crippen LogP contribution >= 0.6 is 0 Å². The summed E-state index contributed by atoms with van der Waals surface area (Å²) in [6, 6.07) is 9.51. The molecular formula is C17H24N4. The Morgan fingerprint density at radius 1 is 1.29 bits per heavy atom. The Labute approximate surface area is 126 Å². The molecule has 2 fully saturated rings. The Kier molecular flexibility index (Phi) is 3.23. The van der Waals surface area contributed by atoms with E-state index >= 15 is 0 Å². The van der Waals surface area contributed by atoms with Crippen LogP contribution in [0.15, 0.2) is 24.3 Å². The molecule has 0 saturated carbocycles. The molecular weight excluding hydrogens is 260 g/mol. The van der Waals surface area contributed by atoms with Crippen molar-refractivity contribution in [3.63, 3.8) is 0 Å². The number of nitrogens with one attached hydrogen (secondary N) is 1. The highest BCUT2D eigenvalue weighted by Gasteiger charge is 2.38. The van der Waals surface area contributed by atoms with Crippen molar-refractivity contribution in [2.24, 2.45) is 13.0 Å². The molecule has 21 heavy (non-hydrogen) atoms. The number of likely N-dealkylation sites (tertiary alicyclic amines) is 1. The van der Waals surface area contributed by atoms with Gasteiger partial charge >= 0.3 is 0 Å². The second-order valence-corrected chi connectivity index (χ2v) is 6.56. The summed E-state index contributed by atoms with van der Waals surface area (Å²) in [6.07, 6.45) is 2.69. The van der Waals surface area contributed by atoms with Crippen molar-refractivity contribution in [3.8, 4) is 0 Å². The molecule has 1 aromatic heterocycles. The summed E-state index contributed by atoms with van der Waals surface area (Å²) in [4.78, 5) is 7.58. The minimum atomic E-state index is 0.384. The van der Waals surface area contributed by atoms with Crippen molar-refractivity contribution in [2.75, 3.05) is 19.6 Å². The average molecular weight is 284 g/mol. The van der Waals surface area contributed by atoms with E-state index in [2.05, 4.69) is 53.0 Å². The number of rotatable bonds is 2. The number of piperidine rings is 1. The van der Waals surface area contributed by atoms with Crippen LogP contribution < -0.4 is 5.32 Å². The van der Waals surface area contributed by atoms with Crippen LogP contribution in [0.3, 0.4) is 0 Å². The van der Waals surface area contributed by atoms with Gasteiger partial charge in [0.2, 0.25) is 0 Å². The number of para-hydroxylation sites is 2. The normalized spacial score (nSPS) is 27.9. The number of nitrogens with zero attached hydrogens (tertiary/aromatic N) is 3. The van der Waals surface area contributed by atoms with Gasteiger partial charge in [-0.2, -0.15) is 0 Å². The van der Waals surface area contributed by atoms with Gasteiger partial charge in [0.15, 0.2) is 0 Å². The minimum absolute atomic E-state index is 0.384. The lowest BCUT2D eigenvalue weighted by Gasteiger charge is -2.40. The molecule has 2 aromatic rings. The van der Waals surface area contributed by atoms with Crippen LogP contribution in [0.1, 0.15) is 31.6 Å². The lowest BCUT2D eigenvalue weighted by Crippen LogP contribution is -2.46. The zero-order valence-electron chi connectivity index (χ0n) is 12.9. The van der Waals surface area contributed by atoms with Crippen molar-refractivity contribution < 1.29 is 0 Å². The number of hydrogen-bond acceptors (Lipinski definition) is 3. The number of hydrogen-bond donors (Lipinski definition) is 1. The molecule has 0 bridgehead atoms. The predicted octanol–water partition coefficient (Wildman–Crippen LogP) is 2.32. The summed E-state index contributed by atoms with van der Waals surface area (Å²) >= 11 is 0. The number of fused-ring (bicyclic) bond motifs is 2. The largest absolute Gasteiger partial charge is 0.330 e. The SMILES string of the molecule is CC(c1nc2ccccc2n1C)N1CCCC2CNCC21. The molecule has 3 unspecified atom stereocenters. The fourth-order valence-corrected chi connectivity index (χ4v) is 4.27. The second kappa shape index (κ2) is 5.11. The lowest BCUT2D eigenvalue weighted by molar-refractivity contribution is 0.0798. The molecule has 4 nitrogen and oxygen atoms in total. The highest BCUT2D eigenvalue weighted by Crippen LogP contribution is 2.33. The van der Waals surface area contributed by atoms with E-state index in [0.29, 0.717) is 12.1 Å². The molecule has 0 aliphatic carbocycles. The monoisotopic (exact) mass is 284 g/mol. The van der Waals surface area contributed by atoms with E-state index in [9.17, 15) is 0 Å². The molecule has 0 radical (unpaired) electrons. The third-order valence-electron chi connectivity index (χ3n) is 5.41. The maximum Gasteiger partial charge on any atom is 0.126 e. The molecule has 0 amide bonds. The molecule has 1 N–H and O–H groups in total. The fraction of sp³-hybridized carbons (Fsp3) is 0.588. The third-order valence-corrected chi connectivity index (χ3v) is 5.41. The van der Waals surface area contributed by atoms with E-state index in [-0.39, 0.29) is 0 Å². The van der Waals surface area contributed by atoms with Crippen LogP contribution in [-0.2, 0) is 7.05 Å².